The van der Waals surface area contributed by atoms with Gasteiger partial charge in [-0.15, -0.1) is 0 Å². The smallest absolute Gasteiger partial charge is 0.407 e. The van der Waals surface area contributed by atoms with E-state index in [0.29, 0.717) is 12.5 Å². The molecular weight excluding hydrogens is 466 g/mol. The molecule has 1 amide bonds. The lowest BCUT2D eigenvalue weighted by atomic mass is 9.93. The highest BCUT2D eigenvalue weighted by molar-refractivity contribution is 6.99. The van der Waals surface area contributed by atoms with Gasteiger partial charge in [-0.2, -0.15) is 0 Å². The summed E-state index contributed by atoms with van der Waals surface area (Å²) in [6, 6.07) is 20.9. The molecule has 36 heavy (non-hydrogen) atoms. The number of carbonyl (C=O) groups excluding carboxylic acids is 1. The number of aliphatic hydroxyl groups is 1. The van der Waals surface area contributed by atoms with E-state index < -0.39 is 20.0 Å². The number of carbonyl (C=O) groups is 1. The first kappa shape index (κ1) is 30.1. The Morgan fingerprint density at radius 3 is 1.89 bits per heavy atom. The molecule has 2 atom stereocenters. The van der Waals surface area contributed by atoms with Crippen LogP contribution < -0.4 is 15.7 Å². The van der Waals surface area contributed by atoms with E-state index in [4.69, 9.17) is 9.16 Å². The number of hydrogen-bond acceptors (Lipinski definition) is 4. The molecule has 0 radical (unpaired) electrons. The maximum absolute atomic E-state index is 12.8. The van der Waals surface area contributed by atoms with Crippen LogP contribution in [0.3, 0.4) is 0 Å². The lowest BCUT2D eigenvalue weighted by molar-refractivity contribution is 0.0474. The molecule has 5 nitrogen and oxygen atoms in total. The quantitative estimate of drug-likeness (QED) is 0.360. The highest BCUT2D eigenvalue weighted by Gasteiger charge is 2.50. The molecular formula is C30H47NO4Si. The van der Waals surface area contributed by atoms with Crippen LogP contribution in [-0.2, 0) is 9.16 Å². The molecule has 0 saturated carbocycles. The molecule has 0 bridgehead atoms. The molecule has 0 aliphatic rings. The van der Waals surface area contributed by atoms with Gasteiger partial charge in [-0.1, -0.05) is 94.8 Å². The van der Waals surface area contributed by atoms with Gasteiger partial charge in [-0.3, -0.25) is 0 Å². The maximum atomic E-state index is 12.8. The van der Waals surface area contributed by atoms with E-state index in [0.717, 1.165) is 25.7 Å². The Labute approximate surface area is 219 Å². The summed E-state index contributed by atoms with van der Waals surface area (Å²) in [6.45, 7) is 15.1. The zero-order valence-corrected chi connectivity index (χ0v) is 24.3. The number of amides is 1. The molecule has 0 unspecified atom stereocenters. The Kier molecular flexibility index (Phi) is 11.2. The van der Waals surface area contributed by atoms with Gasteiger partial charge in [0.2, 0.25) is 0 Å². The molecule has 200 valence electrons. The second-order valence-corrected chi connectivity index (χ2v) is 16.0. The van der Waals surface area contributed by atoms with Crippen LogP contribution in [0.5, 0.6) is 0 Å². The second kappa shape index (κ2) is 13.4. The van der Waals surface area contributed by atoms with Crippen LogP contribution in [0.25, 0.3) is 0 Å². The summed E-state index contributed by atoms with van der Waals surface area (Å²) in [4.78, 5) is 12.8. The van der Waals surface area contributed by atoms with Gasteiger partial charge in [0, 0.05) is 6.61 Å². The van der Waals surface area contributed by atoms with Crippen molar-refractivity contribution in [3.05, 3.63) is 60.7 Å². The Morgan fingerprint density at radius 2 is 1.47 bits per heavy atom. The molecule has 2 aromatic carbocycles. The predicted octanol–water partition coefficient (Wildman–Crippen LogP) is 5.65. The fourth-order valence-electron chi connectivity index (χ4n) is 4.90. The fraction of sp³-hybridized carbons (Fsp3) is 0.567. The molecule has 0 heterocycles. The highest BCUT2D eigenvalue weighted by Crippen LogP contribution is 2.37. The van der Waals surface area contributed by atoms with Crippen molar-refractivity contribution in [1.82, 2.24) is 5.32 Å². The first-order chi connectivity index (χ1) is 16.9. The van der Waals surface area contributed by atoms with Crippen molar-refractivity contribution in [2.45, 2.75) is 90.8 Å². The SMILES string of the molecule is CC[C@H](CCCO)C[C@@H](CO[Si](c1ccccc1)(c1ccccc1)C(C)(C)C)NC(=O)OC(C)(C)C. The molecule has 2 aromatic rings. The Bertz CT molecular complexity index is 867. The summed E-state index contributed by atoms with van der Waals surface area (Å²) < 4.78 is 12.7. The van der Waals surface area contributed by atoms with Gasteiger partial charge in [0.15, 0.2) is 0 Å². The summed E-state index contributed by atoms with van der Waals surface area (Å²) in [5.74, 6) is 0.375. The molecule has 0 aliphatic heterocycles. The van der Waals surface area contributed by atoms with Crippen molar-refractivity contribution in [3.8, 4) is 0 Å². The molecule has 0 saturated heterocycles. The van der Waals surface area contributed by atoms with Gasteiger partial charge in [-0.05, 0) is 61.4 Å². The molecule has 0 aliphatic carbocycles. The van der Waals surface area contributed by atoms with E-state index in [1.807, 2.05) is 32.9 Å². The van der Waals surface area contributed by atoms with Crippen molar-refractivity contribution >= 4 is 24.8 Å². The van der Waals surface area contributed by atoms with E-state index in [-0.39, 0.29) is 17.7 Å². The van der Waals surface area contributed by atoms with Gasteiger partial charge in [-0.25, -0.2) is 4.79 Å². The third kappa shape index (κ3) is 8.46. The van der Waals surface area contributed by atoms with Crippen LogP contribution in [-0.4, -0.2) is 44.4 Å². The summed E-state index contributed by atoms with van der Waals surface area (Å²) >= 11 is 0. The number of aliphatic hydroxyl groups excluding tert-OH is 1. The average Bonchev–Trinajstić information content (AvgIpc) is 2.81. The van der Waals surface area contributed by atoms with Crippen molar-refractivity contribution < 1.29 is 19.1 Å². The largest absolute Gasteiger partial charge is 0.444 e. The molecule has 2 rings (SSSR count). The zero-order valence-electron chi connectivity index (χ0n) is 23.3. The number of nitrogens with one attached hydrogen (secondary N) is 1. The monoisotopic (exact) mass is 513 g/mol. The van der Waals surface area contributed by atoms with Crippen LogP contribution in [0.4, 0.5) is 4.79 Å². The molecule has 0 aromatic heterocycles. The number of hydrogen-bond donors (Lipinski definition) is 2. The first-order valence-electron chi connectivity index (χ1n) is 13.3. The summed E-state index contributed by atoms with van der Waals surface area (Å²) in [5.41, 5.74) is -0.575. The minimum atomic E-state index is -2.73. The van der Waals surface area contributed by atoms with Gasteiger partial charge in [0.1, 0.15) is 5.60 Å². The molecule has 2 N–H and O–H groups in total. The Hall–Kier alpha value is -2.15. The van der Waals surface area contributed by atoms with Crippen molar-refractivity contribution in [2.24, 2.45) is 5.92 Å². The third-order valence-corrected chi connectivity index (χ3v) is 11.6. The first-order valence-corrected chi connectivity index (χ1v) is 15.2. The van der Waals surface area contributed by atoms with Crippen LogP contribution in [0.15, 0.2) is 60.7 Å². The van der Waals surface area contributed by atoms with Gasteiger partial charge < -0.3 is 19.6 Å². The van der Waals surface area contributed by atoms with E-state index in [1.165, 1.54) is 10.4 Å². The van der Waals surface area contributed by atoms with Gasteiger partial charge in [0.05, 0.1) is 12.6 Å². The van der Waals surface area contributed by atoms with E-state index in [1.54, 1.807) is 0 Å². The van der Waals surface area contributed by atoms with Gasteiger partial charge >= 0.3 is 6.09 Å². The normalized spacial score (nSPS) is 14.2. The van der Waals surface area contributed by atoms with Crippen LogP contribution in [0.1, 0.15) is 74.1 Å². The third-order valence-electron chi connectivity index (χ3n) is 6.60. The maximum Gasteiger partial charge on any atom is 0.407 e. The van der Waals surface area contributed by atoms with E-state index >= 15 is 0 Å². The van der Waals surface area contributed by atoms with E-state index in [2.05, 4.69) is 81.5 Å². The molecule has 0 spiro atoms. The topological polar surface area (TPSA) is 67.8 Å². The van der Waals surface area contributed by atoms with Crippen LogP contribution in [0.2, 0.25) is 5.04 Å². The minimum absolute atomic E-state index is 0.146. The molecule has 6 heteroatoms. The minimum Gasteiger partial charge on any atom is -0.444 e. The van der Waals surface area contributed by atoms with Crippen molar-refractivity contribution in [3.63, 3.8) is 0 Å². The van der Waals surface area contributed by atoms with E-state index in [9.17, 15) is 9.90 Å². The highest BCUT2D eigenvalue weighted by atomic mass is 28.4. The van der Waals surface area contributed by atoms with Crippen LogP contribution >= 0.6 is 0 Å². The van der Waals surface area contributed by atoms with Crippen LogP contribution in [0, 0.1) is 5.92 Å². The number of ether oxygens (including phenoxy) is 1. The Balaban J connectivity index is 2.44. The standard InChI is InChI=1S/C30H47NO4Si/c1-8-24(16-15-21-32)22-25(31-28(33)35-29(2,3)4)23-34-36(30(5,6)7,26-17-11-9-12-18-26)27-19-13-10-14-20-27/h9-14,17-20,24-25,32H,8,15-16,21-23H2,1-7H3,(H,31,33)/t24-,25+/m1/s1. The average molecular weight is 514 g/mol. The lowest BCUT2D eigenvalue weighted by Crippen LogP contribution is -2.67. The lowest BCUT2D eigenvalue weighted by Gasteiger charge is -2.44. The van der Waals surface area contributed by atoms with Crippen molar-refractivity contribution in [2.75, 3.05) is 13.2 Å². The summed E-state index contributed by atoms with van der Waals surface area (Å²) in [6.07, 6.45) is 3.00. The van der Waals surface area contributed by atoms with Gasteiger partial charge in [0.25, 0.3) is 8.32 Å². The number of benzene rings is 2. The van der Waals surface area contributed by atoms with Crippen molar-refractivity contribution in [1.29, 1.82) is 0 Å². The summed E-state index contributed by atoms with van der Waals surface area (Å²) in [5, 5.41) is 14.8. The fourth-order valence-corrected chi connectivity index (χ4v) is 9.51. The number of rotatable bonds is 12. The zero-order chi connectivity index (χ0) is 26.8. The predicted molar refractivity (Wildman–Crippen MR) is 151 cm³/mol. The molecule has 0 fully saturated rings. The second-order valence-electron chi connectivity index (χ2n) is 11.7. The Morgan fingerprint density at radius 1 is 0.944 bits per heavy atom. The summed E-state index contributed by atoms with van der Waals surface area (Å²) in [7, 11) is -2.73. The number of alkyl carbamates (subject to hydrolysis) is 1.